The van der Waals surface area contributed by atoms with Crippen LogP contribution in [0.15, 0.2) is 23.5 Å². The topological polar surface area (TPSA) is 122 Å². The lowest BCUT2D eigenvalue weighted by molar-refractivity contribution is -0.422. The van der Waals surface area contributed by atoms with Gasteiger partial charge in [0, 0.05) is 12.0 Å². The third-order valence-electron chi connectivity index (χ3n) is 3.40. The fourth-order valence-corrected chi connectivity index (χ4v) is 1.99. The lowest BCUT2D eigenvalue weighted by Gasteiger charge is -2.21. The van der Waals surface area contributed by atoms with Gasteiger partial charge in [-0.1, -0.05) is 26.8 Å². The van der Waals surface area contributed by atoms with Gasteiger partial charge in [0.05, 0.1) is 4.92 Å². The molecular weight excluding hydrogens is 302 g/mol. The van der Waals surface area contributed by atoms with Crippen LogP contribution in [-0.4, -0.2) is 35.0 Å². The van der Waals surface area contributed by atoms with Crippen LogP contribution in [0.1, 0.15) is 33.6 Å². The second kappa shape index (κ2) is 7.87. The average molecular weight is 325 g/mol. The Balaban J connectivity index is 2.71. The van der Waals surface area contributed by atoms with E-state index in [1.54, 1.807) is 26.8 Å². The molecule has 3 N–H and O–H groups in total. The average Bonchev–Trinajstić information content (AvgIpc) is 2.47. The molecule has 128 valence electrons. The number of amides is 2. The van der Waals surface area contributed by atoms with Gasteiger partial charge in [-0.05, 0) is 24.8 Å². The summed E-state index contributed by atoms with van der Waals surface area (Å²) >= 11 is 0. The minimum Gasteiger partial charge on any atom is -0.387 e. The summed E-state index contributed by atoms with van der Waals surface area (Å²) in [5.74, 6) is -0.872. The summed E-state index contributed by atoms with van der Waals surface area (Å²) in [7, 11) is 0. The fraction of sp³-hybridized carbons (Fsp3) is 0.600. The number of hydrogen-bond acceptors (Lipinski definition) is 5. The first kappa shape index (κ1) is 18.8. The number of allylic oxidation sites excluding steroid dienone is 2. The Kier molecular flexibility index (Phi) is 6.44. The van der Waals surface area contributed by atoms with Crippen molar-refractivity contribution in [3.05, 3.63) is 33.7 Å². The molecule has 1 aliphatic rings. The van der Waals surface area contributed by atoms with Crippen LogP contribution in [0.4, 0.5) is 0 Å². The summed E-state index contributed by atoms with van der Waals surface area (Å²) in [5.41, 5.74) is -0.563. The predicted octanol–water partition coefficient (Wildman–Crippen LogP) is 0.712. The van der Waals surface area contributed by atoms with Gasteiger partial charge in [-0.3, -0.25) is 19.7 Å². The minimum atomic E-state index is -0.645. The molecule has 23 heavy (non-hydrogen) atoms. The third-order valence-corrected chi connectivity index (χ3v) is 3.40. The van der Waals surface area contributed by atoms with Gasteiger partial charge in [0.15, 0.2) is 0 Å². The van der Waals surface area contributed by atoms with Crippen LogP contribution in [-0.2, 0) is 9.59 Å². The van der Waals surface area contributed by atoms with E-state index in [9.17, 15) is 19.7 Å². The van der Waals surface area contributed by atoms with E-state index in [1.807, 2.05) is 0 Å². The Morgan fingerprint density at radius 1 is 1.43 bits per heavy atom. The quantitative estimate of drug-likeness (QED) is 0.490. The van der Waals surface area contributed by atoms with Gasteiger partial charge in [-0.15, -0.1) is 0 Å². The van der Waals surface area contributed by atoms with Crippen molar-refractivity contribution in [3.8, 4) is 0 Å². The van der Waals surface area contributed by atoms with E-state index in [0.717, 1.165) is 0 Å². The van der Waals surface area contributed by atoms with Crippen molar-refractivity contribution in [2.75, 3.05) is 13.2 Å². The molecule has 0 aromatic rings. The molecule has 1 aliphatic carbocycles. The zero-order valence-corrected chi connectivity index (χ0v) is 13.6. The largest absolute Gasteiger partial charge is 0.387 e. The van der Waals surface area contributed by atoms with Crippen molar-refractivity contribution in [2.45, 2.75) is 33.6 Å². The van der Waals surface area contributed by atoms with E-state index < -0.39 is 22.9 Å². The summed E-state index contributed by atoms with van der Waals surface area (Å²) in [6, 6.07) is 0. The fourth-order valence-electron chi connectivity index (χ4n) is 1.99. The first-order valence-electron chi connectivity index (χ1n) is 7.41. The van der Waals surface area contributed by atoms with Crippen LogP contribution in [0, 0.1) is 21.4 Å². The van der Waals surface area contributed by atoms with Crippen molar-refractivity contribution in [3.63, 3.8) is 0 Å². The van der Waals surface area contributed by atoms with Gasteiger partial charge in [-0.25, -0.2) is 0 Å². The second-order valence-corrected chi connectivity index (χ2v) is 6.42. The van der Waals surface area contributed by atoms with E-state index in [4.69, 9.17) is 5.11 Å². The van der Waals surface area contributed by atoms with Crippen LogP contribution in [0.3, 0.4) is 0 Å². The second-order valence-electron chi connectivity index (χ2n) is 6.42. The molecule has 8 heteroatoms. The number of aliphatic hydroxyl groups is 1. The molecule has 1 rings (SSSR count). The summed E-state index contributed by atoms with van der Waals surface area (Å²) in [5, 5.41) is 24.9. The van der Waals surface area contributed by atoms with E-state index in [2.05, 4.69) is 10.6 Å². The van der Waals surface area contributed by atoms with Crippen molar-refractivity contribution < 1.29 is 19.6 Å². The molecule has 0 aliphatic heterocycles. The molecule has 0 saturated carbocycles. The van der Waals surface area contributed by atoms with E-state index in [1.165, 1.54) is 6.08 Å². The number of carbonyl (C=O) groups is 2. The Morgan fingerprint density at radius 3 is 2.61 bits per heavy atom. The molecular formula is C15H23N3O5. The van der Waals surface area contributed by atoms with Gasteiger partial charge in [0.1, 0.15) is 12.3 Å². The number of aliphatic hydroxyl groups excluding tert-OH is 1. The highest BCUT2D eigenvalue weighted by Crippen LogP contribution is 2.25. The van der Waals surface area contributed by atoms with Crippen LogP contribution in [0.5, 0.6) is 0 Å². The monoisotopic (exact) mass is 325 g/mol. The van der Waals surface area contributed by atoms with Crippen LogP contribution in [0.2, 0.25) is 0 Å². The highest BCUT2D eigenvalue weighted by Gasteiger charge is 2.29. The number of rotatable bonds is 6. The van der Waals surface area contributed by atoms with Crippen LogP contribution in [0.25, 0.3) is 0 Å². The molecule has 0 saturated heterocycles. The maximum absolute atomic E-state index is 12.0. The number of nitro groups is 1. The molecule has 0 aromatic carbocycles. The summed E-state index contributed by atoms with van der Waals surface area (Å²) in [6.45, 7) is 4.93. The molecule has 1 atom stereocenters. The van der Waals surface area contributed by atoms with Gasteiger partial charge in [0.2, 0.25) is 11.8 Å². The summed E-state index contributed by atoms with van der Waals surface area (Å²) in [4.78, 5) is 33.6. The molecule has 0 radical (unpaired) electrons. The smallest absolute Gasteiger partial charge is 0.288 e. The number of carbonyl (C=O) groups excluding carboxylic acids is 2. The highest BCUT2D eigenvalue weighted by molar-refractivity contribution is 5.83. The van der Waals surface area contributed by atoms with Gasteiger partial charge >= 0.3 is 0 Å². The summed E-state index contributed by atoms with van der Waals surface area (Å²) < 4.78 is 0. The van der Waals surface area contributed by atoms with Crippen molar-refractivity contribution in [1.82, 2.24) is 10.6 Å². The van der Waals surface area contributed by atoms with E-state index >= 15 is 0 Å². The first-order valence-corrected chi connectivity index (χ1v) is 7.41. The van der Waals surface area contributed by atoms with Gasteiger partial charge in [0.25, 0.3) is 5.70 Å². The zero-order chi connectivity index (χ0) is 17.6. The summed E-state index contributed by atoms with van der Waals surface area (Å²) in [6.07, 6.45) is 4.19. The lowest BCUT2D eigenvalue weighted by Crippen LogP contribution is -2.36. The molecule has 0 bridgehead atoms. The lowest BCUT2D eigenvalue weighted by atomic mass is 9.92. The van der Waals surface area contributed by atoms with Crippen molar-refractivity contribution >= 4 is 11.8 Å². The Bertz CT molecular complexity index is 546. The minimum absolute atomic E-state index is 0.107. The number of hydrogen-bond donors (Lipinski definition) is 3. The van der Waals surface area contributed by atoms with E-state index in [-0.39, 0.29) is 23.2 Å². The molecule has 2 amide bonds. The van der Waals surface area contributed by atoms with Gasteiger partial charge < -0.3 is 15.7 Å². The predicted molar refractivity (Wildman–Crippen MR) is 83.6 cm³/mol. The Labute approximate surface area is 134 Å². The van der Waals surface area contributed by atoms with Gasteiger partial charge in [-0.2, -0.15) is 0 Å². The zero-order valence-electron chi connectivity index (χ0n) is 13.6. The molecule has 0 aromatic heterocycles. The Hall–Kier alpha value is -2.22. The van der Waals surface area contributed by atoms with Crippen LogP contribution < -0.4 is 10.6 Å². The maximum Gasteiger partial charge on any atom is 0.288 e. The number of nitrogens with one attached hydrogen (secondary N) is 2. The molecule has 0 unspecified atom stereocenters. The Morgan fingerprint density at radius 2 is 2.09 bits per heavy atom. The molecule has 8 nitrogen and oxygen atoms in total. The third kappa shape index (κ3) is 5.82. The molecule has 0 heterocycles. The van der Waals surface area contributed by atoms with Crippen LogP contribution >= 0.6 is 0 Å². The first-order chi connectivity index (χ1) is 10.6. The molecule has 0 fully saturated rings. The standard InChI is InChI=1S/C15H23N3O5/c1-15(2,3)14(21)17-11-5-4-10(8-12(11)18(22)23)6-7-16-13(20)9-19/h5,8,10,19H,4,6-7,9H2,1-3H3,(H,16,20)(H,17,21)/t10-/m1/s1. The highest BCUT2D eigenvalue weighted by atomic mass is 16.6. The normalized spacial score (nSPS) is 17.8. The van der Waals surface area contributed by atoms with Crippen molar-refractivity contribution in [1.29, 1.82) is 0 Å². The van der Waals surface area contributed by atoms with Crippen molar-refractivity contribution in [2.24, 2.45) is 11.3 Å². The van der Waals surface area contributed by atoms with E-state index in [0.29, 0.717) is 19.4 Å². The number of nitrogens with zero attached hydrogens (tertiary/aromatic N) is 1. The SMILES string of the molecule is CC(C)(C)C(=O)NC1=CC[C@H](CCNC(=O)CO)C=C1[N+](=O)[O-]. The molecule has 0 spiro atoms. The maximum atomic E-state index is 12.0.